The van der Waals surface area contributed by atoms with Crippen molar-refractivity contribution in [2.24, 2.45) is 5.92 Å². The van der Waals surface area contributed by atoms with Gasteiger partial charge in [0.2, 0.25) is 11.8 Å². The number of amides is 3. The van der Waals surface area contributed by atoms with Gasteiger partial charge in [-0.15, -0.1) is 11.3 Å². The first-order valence-electron chi connectivity index (χ1n) is 10.8. The molecule has 2 heterocycles. The highest BCUT2D eigenvalue weighted by atomic mass is 32.1. The van der Waals surface area contributed by atoms with Crippen LogP contribution in [0.5, 0.6) is 0 Å². The molecule has 1 aliphatic heterocycles. The lowest BCUT2D eigenvalue weighted by atomic mass is 9.97. The molecular formula is C23H30N4O3S. The topological polar surface area (TPSA) is 90.5 Å². The van der Waals surface area contributed by atoms with Crippen molar-refractivity contribution in [2.45, 2.75) is 32.6 Å². The second kappa shape index (κ2) is 11.6. The number of carbonyl (C=O) groups excluding carboxylic acids is 3. The summed E-state index contributed by atoms with van der Waals surface area (Å²) >= 11 is 1.39. The maximum atomic E-state index is 12.5. The van der Waals surface area contributed by atoms with Gasteiger partial charge in [0, 0.05) is 24.5 Å². The van der Waals surface area contributed by atoms with Crippen LogP contribution in [0.4, 0.5) is 11.4 Å². The van der Waals surface area contributed by atoms with Crippen molar-refractivity contribution >= 4 is 40.4 Å². The first-order chi connectivity index (χ1) is 15.0. The number of carbonyl (C=O) groups is 3. The number of nitrogens with zero attached hydrogens (tertiary/aromatic N) is 1. The summed E-state index contributed by atoms with van der Waals surface area (Å²) in [5, 5.41) is 10.6. The number of thiophene rings is 1. The minimum atomic E-state index is -0.148. The van der Waals surface area contributed by atoms with E-state index in [1.807, 2.05) is 16.3 Å². The molecule has 0 saturated carbocycles. The van der Waals surface area contributed by atoms with Gasteiger partial charge in [-0.1, -0.05) is 19.4 Å². The summed E-state index contributed by atoms with van der Waals surface area (Å²) in [4.78, 5) is 39.6. The van der Waals surface area contributed by atoms with Crippen LogP contribution >= 0.6 is 11.3 Å². The summed E-state index contributed by atoms with van der Waals surface area (Å²) in [5.74, 6) is -0.212. The van der Waals surface area contributed by atoms with Gasteiger partial charge in [0.25, 0.3) is 5.91 Å². The Labute approximate surface area is 187 Å². The molecule has 0 aliphatic carbocycles. The van der Waals surface area contributed by atoms with Crippen molar-refractivity contribution in [3.63, 3.8) is 0 Å². The fourth-order valence-electron chi connectivity index (χ4n) is 3.59. The molecule has 7 nitrogen and oxygen atoms in total. The number of unbranched alkanes of at least 4 members (excludes halogenated alkanes) is 1. The Balaban J connectivity index is 1.44. The van der Waals surface area contributed by atoms with E-state index >= 15 is 0 Å². The monoisotopic (exact) mass is 442 g/mol. The third kappa shape index (κ3) is 7.18. The minimum Gasteiger partial charge on any atom is -0.356 e. The van der Waals surface area contributed by atoms with Crippen LogP contribution in [0.25, 0.3) is 0 Å². The van der Waals surface area contributed by atoms with Crippen molar-refractivity contribution in [2.75, 3.05) is 36.8 Å². The van der Waals surface area contributed by atoms with Crippen LogP contribution in [-0.4, -0.2) is 48.8 Å². The summed E-state index contributed by atoms with van der Waals surface area (Å²) in [6.07, 6.45) is 3.83. The zero-order chi connectivity index (χ0) is 22.1. The van der Waals surface area contributed by atoms with E-state index in [1.54, 1.807) is 30.3 Å². The van der Waals surface area contributed by atoms with Crippen LogP contribution in [0, 0.1) is 5.92 Å². The highest BCUT2D eigenvalue weighted by Gasteiger charge is 2.26. The van der Waals surface area contributed by atoms with Gasteiger partial charge in [-0.3, -0.25) is 19.3 Å². The van der Waals surface area contributed by atoms with Gasteiger partial charge >= 0.3 is 0 Å². The molecule has 1 fully saturated rings. The zero-order valence-electron chi connectivity index (χ0n) is 17.9. The average Bonchev–Trinajstić information content (AvgIpc) is 3.30. The van der Waals surface area contributed by atoms with Gasteiger partial charge in [0.15, 0.2) is 0 Å². The smallest absolute Gasteiger partial charge is 0.265 e. The van der Waals surface area contributed by atoms with E-state index in [4.69, 9.17) is 0 Å². The molecule has 1 aliphatic rings. The van der Waals surface area contributed by atoms with Crippen LogP contribution in [0.3, 0.4) is 0 Å². The molecule has 166 valence electrons. The largest absolute Gasteiger partial charge is 0.356 e. The molecule has 0 radical (unpaired) electrons. The SMILES string of the molecule is CCCCNC(=O)C1CCCN(CC(=O)Nc2ccc(NC(=O)c3cccs3)cc2)C1. The summed E-state index contributed by atoms with van der Waals surface area (Å²) in [6, 6.07) is 10.7. The van der Waals surface area contributed by atoms with Crippen molar-refractivity contribution in [1.29, 1.82) is 0 Å². The highest BCUT2D eigenvalue weighted by Crippen LogP contribution is 2.18. The molecule has 1 unspecified atom stereocenters. The van der Waals surface area contributed by atoms with Crippen molar-refractivity contribution in [3.05, 3.63) is 46.7 Å². The van der Waals surface area contributed by atoms with E-state index in [2.05, 4.69) is 22.9 Å². The molecule has 1 saturated heterocycles. The Morgan fingerprint density at radius 1 is 1.10 bits per heavy atom. The number of rotatable bonds is 9. The maximum absolute atomic E-state index is 12.5. The lowest BCUT2D eigenvalue weighted by Crippen LogP contribution is -2.45. The summed E-state index contributed by atoms with van der Waals surface area (Å²) < 4.78 is 0. The van der Waals surface area contributed by atoms with Crippen molar-refractivity contribution in [3.8, 4) is 0 Å². The Bertz CT molecular complexity index is 867. The predicted molar refractivity (Wildman–Crippen MR) is 124 cm³/mol. The predicted octanol–water partition coefficient (Wildman–Crippen LogP) is 3.57. The Kier molecular flexibility index (Phi) is 8.61. The molecule has 2 aromatic rings. The summed E-state index contributed by atoms with van der Waals surface area (Å²) in [5.41, 5.74) is 1.34. The number of nitrogens with one attached hydrogen (secondary N) is 3. The Morgan fingerprint density at radius 3 is 2.52 bits per heavy atom. The van der Waals surface area contributed by atoms with Gasteiger partial charge in [-0.25, -0.2) is 0 Å². The third-order valence-corrected chi connectivity index (χ3v) is 6.11. The van der Waals surface area contributed by atoms with Crippen LogP contribution in [0.15, 0.2) is 41.8 Å². The maximum Gasteiger partial charge on any atom is 0.265 e. The van der Waals surface area contributed by atoms with Gasteiger partial charge in [-0.2, -0.15) is 0 Å². The standard InChI is InChI=1S/C23H30N4O3S/c1-2-3-12-24-22(29)17-6-4-13-27(15-17)16-21(28)25-18-8-10-19(11-9-18)26-23(30)20-7-5-14-31-20/h5,7-11,14,17H,2-4,6,12-13,15-16H2,1H3,(H,24,29)(H,25,28)(H,26,30). The minimum absolute atomic E-state index is 0.0513. The van der Waals surface area contributed by atoms with Crippen LogP contribution in [-0.2, 0) is 9.59 Å². The van der Waals surface area contributed by atoms with Gasteiger partial charge in [0.1, 0.15) is 0 Å². The molecule has 1 aromatic heterocycles. The number of hydrogen-bond donors (Lipinski definition) is 3. The normalized spacial score (nSPS) is 16.5. The molecule has 8 heteroatoms. The molecule has 0 spiro atoms. The highest BCUT2D eigenvalue weighted by molar-refractivity contribution is 7.12. The Morgan fingerprint density at radius 2 is 1.84 bits per heavy atom. The van der Waals surface area contributed by atoms with Gasteiger partial charge < -0.3 is 16.0 Å². The molecule has 3 amide bonds. The van der Waals surface area contributed by atoms with E-state index < -0.39 is 0 Å². The molecule has 3 N–H and O–H groups in total. The molecular weight excluding hydrogens is 412 g/mol. The van der Waals surface area contributed by atoms with E-state index in [1.165, 1.54) is 11.3 Å². The van der Waals surface area contributed by atoms with E-state index in [0.29, 0.717) is 22.8 Å². The average molecular weight is 443 g/mol. The quantitative estimate of drug-likeness (QED) is 0.518. The van der Waals surface area contributed by atoms with E-state index in [-0.39, 0.29) is 30.2 Å². The van der Waals surface area contributed by atoms with E-state index in [0.717, 1.165) is 38.8 Å². The summed E-state index contributed by atoms with van der Waals surface area (Å²) in [6.45, 7) is 4.51. The van der Waals surface area contributed by atoms with Crippen molar-refractivity contribution < 1.29 is 14.4 Å². The fourth-order valence-corrected chi connectivity index (χ4v) is 4.21. The first-order valence-corrected chi connectivity index (χ1v) is 11.7. The second-order valence-electron chi connectivity index (χ2n) is 7.78. The van der Waals surface area contributed by atoms with Crippen LogP contribution in [0.1, 0.15) is 42.3 Å². The summed E-state index contributed by atoms with van der Waals surface area (Å²) in [7, 11) is 0. The molecule has 1 aromatic carbocycles. The number of hydrogen-bond acceptors (Lipinski definition) is 5. The first kappa shape index (κ1) is 23.0. The third-order valence-electron chi connectivity index (χ3n) is 5.24. The number of piperidine rings is 1. The molecule has 3 rings (SSSR count). The number of benzene rings is 1. The lowest BCUT2D eigenvalue weighted by Gasteiger charge is -2.31. The van der Waals surface area contributed by atoms with Gasteiger partial charge in [0.05, 0.1) is 17.3 Å². The second-order valence-corrected chi connectivity index (χ2v) is 8.72. The fraction of sp³-hybridized carbons (Fsp3) is 0.435. The number of likely N-dealkylation sites (tertiary alicyclic amines) is 1. The molecule has 31 heavy (non-hydrogen) atoms. The van der Waals surface area contributed by atoms with Gasteiger partial charge in [-0.05, 0) is 61.5 Å². The lowest BCUT2D eigenvalue weighted by molar-refractivity contribution is -0.127. The molecule has 0 bridgehead atoms. The van der Waals surface area contributed by atoms with Crippen molar-refractivity contribution in [1.82, 2.24) is 10.2 Å². The zero-order valence-corrected chi connectivity index (χ0v) is 18.7. The van der Waals surface area contributed by atoms with Crippen LogP contribution in [0.2, 0.25) is 0 Å². The number of anilines is 2. The Hall–Kier alpha value is -2.71. The van der Waals surface area contributed by atoms with E-state index in [9.17, 15) is 14.4 Å². The molecule has 1 atom stereocenters. The van der Waals surface area contributed by atoms with Crippen LogP contribution < -0.4 is 16.0 Å².